The lowest BCUT2D eigenvalue weighted by Crippen LogP contribution is -2.09. The summed E-state index contributed by atoms with van der Waals surface area (Å²) in [4.78, 5) is 29.4. The van der Waals surface area contributed by atoms with E-state index in [0.29, 0.717) is 28.8 Å². The quantitative estimate of drug-likeness (QED) is 0.742. The van der Waals surface area contributed by atoms with Crippen LogP contribution in [0.15, 0.2) is 18.2 Å². The Morgan fingerprint density at radius 3 is 2.08 bits per heavy atom. The summed E-state index contributed by atoms with van der Waals surface area (Å²) in [5, 5.41) is 4.07. The average Bonchev–Trinajstić information content (AvgIpc) is 2.45. The summed E-state index contributed by atoms with van der Waals surface area (Å²) >= 11 is 0. The highest BCUT2D eigenvalue weighted by Crippen LogP contribution is 2.20. The van der Waals surface area contributed by atoms with E-state index >= 15 is 0 Å². The summed E-state index contributed by atoms with van der Waals surface area (Å²) in [6.07, 6.45) is 0. The van der Waals surface area contributed by atoms with Crippen LogP contribution in [0.5, 0.6) is 0 Å². The third-order valence-electron chi connectivity index (χ3n) is 3.89. The van der Waals surface area contributed by atoms with Gasteiger partial charge in [0, 0.05) is 5.39 Å². The molecular weight excluding hydrogens is 302 g/mol. The first-order valence-electron chi connectivity index (χ1n) is 7.73. The van der Waals surface area contributed by atoms with Crippen LogP contribution >= 0.6 is 0 Å². The molecule has 3 rings (SSSR count). The van der Waals surface area contributed by atoms with Gasteiger partial charge in [-0.15, -0.1) is 0 Å². The average molecular weight is 321 g/mol. The molecule has 1 aromatic carbocycles. The zero-order chi connectivity index (χ0) is 17.4. The van der Waals surface area contributed by atoms with Crippen LogP contribution in [0, 0.1) is 27.7 Å². The second kappa shape index (κ2) is 5.96. The van der Waals surface area contributed by atoms with Gasteiger partial charge < -0.3 is 0 Å². The molecule has 6 heteroatoms. The Balaban J connectivity index is 2.02. The third kappa shape index (κ3) is 2.95. The zero-order valence-corrected chi connectivity index (χ0v) is 14.4. The number of hydrogen-bond donors (Lipinski definition) is 1. The molecule has 2 heterocycles. The Bertz CT molecular complexity index is 942. The number of ketones is 1. The standard InChI is InChI=1S/C18H19N5O/c1-9-6-7-14-10(2)19-18(22-15(14)8-9)23-17-20-11(3)16(13(5)24)12(4)21-17/h6-8H,1-5H3,(H,19,20,21,22,23). The number of fused-ring (bicyclic) bond motifs is 1. The number of nitrogens with one attached hydrogen (secondary N) is 1. The van der Waals surface area contributed by atoms with Gasteiger partial charge in [-0.2, -0.15) is 0 Å². The second-order valence-electron chi connectivity index (χ2n) is 5.93. The Labute approximate surface area is 140 Å². The maximum atomic E-state index is 11.7. The number of aryl methyl sites for hydroxylation is 4. The molecule has 0 aliphatic carbocycles. The van der Waals surface area contributed by atoms with Gasteiger partial charge in [0.1, 0.15) is 0 Å². The molecule has 2 aromatic heterocycles. The van der Waals surface area contributed by atoms with Crippen LogP contribution in [0.1, 0.15) is 39.9 Å². The maximum absolute atomic E-state index is 11.7. The highest BCUT2D eigenvalue weighted by atomic mass is 16.1. The molecule has 3 aromatic rings. The van der Waals surface area contributed by atoms with Crippen molar-refractivity contribution in [1.29, 1.82) is 0 Å². The molecule has 6 nitrogen and oxygen atoms in total. The van der Waals surface area contributed by atoms with Gasteiger partial charge in [-0.05, 0) is 46.2 Å². The van der Waals surface area contributed by atoms with Crippen molar-refractivity contribution in [3.8, 4) is 0 Å². The lowest BCUT2D eigenvalue weighted by molar-refractivity contribution is 0.101. The molecule has 0 fully saturated rings. The summed E-state index contributed by atoms with van der Waals surface area (Å²) in [6.45, 7) is 9.09. The number of hydrogen-bond acceptors (Lipinski definition) is 6. The van der Waals surface area contributed by atoms with E-state index in [9.17, 15) is 4.79 Å². The monoisotopic (exact) mass is 321 g/mol. The molecule has 0 saturated carbocycles. The van der Waals surface area contributed by atoms with Crippen molar-refractivity contribution in [2.45, 2.75) is 34.6 Å². The van der Waals surface area contributed by atoms with Crippen molar-refractivity contribution in [2.24, 2.45) is 0 Å². The maximum Gasteiger partial charge on any atom is 0.230 e. The predicted octanol–water partition coefficient (Wildman–Crippen LogP) is 3.60. The summed E-state index contributed by atoms with van der Waals surface area (Å²) in [5.41, 5.74) is 4.75. The van der Waals surface area contributed by atoms with Crippen molar-refractivity contribution in [2.75, 3.05) is 5.32 Å². The van der Waals surface area contributed by atoms with Crippen LogP contribution in [0.2, 0.25) is 0 Å². The largest absolute Gasteiger partial charge is 0.294 e. The number of Topliss-reactive ketones (excluding diaryl/α,β-unsaturated/α-hetero) is 1. The lowest BCUT2D eigenvalue weighted by atomic mass is 10.1. The highest BCUT2D eigenvalue weighted by Gasteiger charge is 2.13. The number of nitrogens with zero attached hydrogens (tertiary/aromatic N) is 4. The van der Waals surface area contributed by atoms with Crippen molar-refractivity contribution < 1.29 is 4.79 Å². The molecule has 0 aliphatic heterocycles. The fraction of sp³-hybridized carbons (Fsp3) is 0.278. The van der Waals surface area contributed by atoms with Crippen LogP contribution in [0.3, 0.4) is 0 Å². The van der Waals surface area contributed by atoms with Gasteiger partial charge in [-0.25, -0.2) is 19.9 Å². The van der Waals surface area contributed by atoms with Gasteiger partial charge >= 0.3 is 0 Å². The van der Waals surface area contributed by atoms with Gasteiger partial charge in [-0.3, -0.25) is 10.1 Å². The minimum atomic E-state index is -0.0372. The summed E-state index contributed by atoms with van der Waals surface area (Å²) in [7, 11) is 0. The lowest BCUT2D eigenvalue weighted by Gasteiger charge is -2.10. The van der Waals surface area contributed by atoms with E-state index in [1.54, 1.807) is 13.8 Å². The topological polar surface area (TPSA) is 80.7 Å². The normalized spacial score (nSPS) is 10.9. The van der Waals surface area contributed by atoms with Crippen LogP contribution in [-0.2, 0) is 0 Å². The molecule has 0 amide bonds. The number of rotatable bonds is 3. The second-order valence-corrected chi connectivity index (χ2v) is 5.93. The smallest absolute Gasteiger partial charge is 0.230 e. The molecule has 0 aliphatic rings. The van der Waals surface area contributed by atoms with Crippen LogP contribution in [0.4, 0.5) is 11.9 Å². The van der Waals surface area contributed by atoms with E-state index in [-0.39, 0.29) is 5.78 Å². The van der Waals surface area contributed by atoms with Crippen molar-refractivity contribution in [3.63, 3.8) is 0 Å². The first-order valence-corrected chi connectivity index (χ1v) is 7.73. The first kappa shape index (κ1) is 16.0. The summed E-state index contributed by atoms with van der Waals surface area (Å²) < 4.78 is 0. The van der Waals surface area contributed by atoms with E-state index in [4.69, 9.17) is 0 Å². The van der Waals surface area contributed by atoms with Crippen molar-refractivity contribution in [3.05, 3.63) is 46.4 Å². The van der Waals surface area contributed by atoms with Crippen LogP contribution in [-0.4, -0.2) is 25.7 Å². The SMILES string of the molecule is CC(=O)c1c(C)nc(Nc2nc(C)c3ccc(C)cc3n2)nc1C. The fourth-order valence-electron chi connectivity index (χ4n) is 2.84. The van der Waals surface area contributed by atoms with E-state index in [2.05, 4.69) is 25.3 Å². The molecule has 0 spiro atoms. The molecule has 1 N–H and O–H groups in total. The Kier molecular flexibility index (Phi) is 3.97. The van der Waals surface area contributed by atoms with Crippen LogP contribution in [0.25, 0.3) is 10.9 Å². The fourth-order valence-corrected chi connectivity index (χ4v) is 2.84. The highest BCUT2D eigenvalue weighted by molar-refractivity contribution is 5.96. The Morgan fingerprint density at radius 2 is 1.46 bits per heavy atom. The van der Waals surface area contributed by atoms with Gasteiger partial charge in [-0.1, -0.05) is 12.1 Å². The van der Waals surface area contributed by atoms with Gasteiger partial charge in [0.25, 0.3) is 0 Å². The van der Waals surface area contributed by atoms with E-state index in [1.165, 1.54) is 6.92 Å². The molecular formula is C18H19N5O. The van der Waals surface area contributed by atoms with Gasteiger partial charge in [0.15, 0.2) is 5.78 Å². The zero-order valence-electron chi connectivity index (χ0n) is 14.4. The minimum Gasteiger partial charge on any atom is -0.294 e. The van der Waals surface area contributed by atoms with E-state index in [1.807, 2.05) is 32.0 Å². The minimum absolute atomic E-state index is 0.0372. The number of aromatic nitrogens is 4. The Morgan fingerprint density at radius 1 is 0.875 bits per heavy atom. The van der Waals surface area contributed by atoms with Crippen molar-refractivity contribution >= 4 is 28.6 Å². The van der Waals surface area contributed by atoms with Crippen molar-refractivity contribution in [1.82, 2.24) is 19.9 Å². The molecule has 0 unspecified atom stereocenters. The molecule has 122 valence electrons. The summed E-state index contributed by atoms with van der Waals surface area (Å²) in [5.74, 6) is 0.797. The molecule has 0 saturated heterocycles. The van der Waals surface area contributed by atoms with E-state index < -0.39 is 0 Å². The van der Waals surface area contributed by atoms with Crippen LogP contribution < -0.4 is 5.32 Å². The number of anilines is 2. The first-order chi connectivity index (χ1) is 11.3. The number of carbonyl (C=O) groups excluding carboxylic acids is 1. The molecule has 0 atom stereocenters. The Hall–Kier alpha value is -2.89. The number of carbonyl (C=O) groups is 1. The van der Waals surface area contributed by atoms with Gasteiger partial charge in [0.05, 0.1) is 28.2 Å². The molecule has 24 heavy (non-hydrogen) atoms. The molecule has 0 radical (unpaired) electrons. The molecule has 0 bridgehead atoms. The third-order valence-corrected chi connectivity index (χ3v) is 3.89. The van der Waals surface area contributed by atoms with E-state index in [0.717, 1.165) is 22.2 Å². The summed E-state index contributed by atoms with van der Waals surface area (Å²) in [6, 6.07) is 6.09. The predicted molar refractivity (Wildman–Crippen MR) is 93.8 cm³/mol. The van der Waals surface area contributed by atoms with Gasteiger partial charge in [0.2, 0.25) is 11.9 Å². The number of benzene rings is 1.